The fourth-order valence-corrected chi connectivity index (χ4v) is 3.63. The Kier molecular flexibility index (Phi) is 4.50. The number of anilines is 1. The van der Waals surface area contributed by atoms with Gasteiger partial charge in [0.2, 0.25) is 0 Å². The molecule has 5 rings (SSSR count). The molecule has 11 heteroatoms. The molecule has 4 aromatic rings. The largest absolute Gasteiger partial charge is 0.417 e. The Labute approximate surface area is 178 Å². The molecule has 0 unspecified atom stereocenters. The molecule has 0 spiro atoms. The first-order chi connectivity index (χ1) is 15.2. The van der Waals surface area contributed by atoms with Crippen molar-refractivity contribution in [2.45, 2.75) is 31.6 Å². The van der Waals surface area contributed by atoms with Gasteiger partial charge in [-0.15, -0.1) is 0 Å². The monoisotopic (exact) mass is 444 g/mol. The Morgan fingerprint density at radius 1 is 1.19 bits per heavy atom. The average molecular weight is 444 g/mol. The molecule has 0 saturated heterocycles. The van der Waals surface area contributed by atoms with Crippen LogP contribution >= 0.6 is 0 Å². The van der Waals surface area contributed by atoms with Gasteiger partial charge in [-0.25, -0.2) is 14.4 Å². The van der Waals surface area contributed by atoms with Crippen LogP contribution in [0.2, 0.25) is 0 Å². The Morgan fingerprint density at radius 2 is 1.97 bits per heavy atom. The second kappa shape index (κ2) is 7.14. The summed E-state index contributed by atoms with van der Waals surface area (Å²) in [6, 6.07) is 4.55. The van der Waals surface area contributed by atoms with E-state index in [1.165, 1.54) is 29.6 Å². The van der Waals surface area contributed by atoms with Crippen LogP contribution in [-0.4, -0.2) is 36.2 Å². The summed E-state index contributed by atoms with van der Waals surface area (Å²) < 4.78 is 54.9. The molecule has 1 aliphatic carbocycles. The van der Waals surface area contributed by atoms with E-state index < -0.39 is 23.5 Å². The van der Waals surface area contributed by atoms with Gasteiger partial charge < -0.3 is 10.6 Å². The quantitative estimate of drug-likeness (QED) is 0.484. The van der Waals surface area contributed by atoms with Crippen LogP contribution in [-0.2, 0) is 12.7 Å². The van der Waals surface area contributed by atoms with Crippen LogP contribution in [0, 0.1) is 5.82 Å². The summed E-state index contributed by atoms with van der Waals surface area (Å²) in [5, 5.41) is 0. The molecule has 1 aromatic carbocycles. The van der Waals surface area contributed by atoms with Crippen molar-refractivity contribution >= 4 is 28.3 Å². The van der Waals surface area contributed by atoms with E-state index in [0.29, 0.717) is 11.0 Å². The summed E-state index contributed by atoms with van der Waals surface area (Å²) >= 11 is 0. The fourth-order valence-electron chi connectivity index (χ4n) is 3.63. The normalized spacial score (nSPS) is 14.2. The van der Waals surface area contributed by atoms with Crippen molar-refractivity contribution in [2.75, 3.05) is 5.73 Å². The highest BCUT2D eigenvalue weighted by molar-refractivity contribution is 5.98. The Balaban J connectivity index is 1.51. The minimum Gasteiger partial charge on any atom is -0.382 e. The topological polar surface area (TPSA) is 89.4 Å². The number of nitrogens with zero attached hydrogens (tertiary/aromatic N) is 5. The number of rotatable bonds is 4. The third-order valence-electron chi connectivity index (χ3n) is 5.43. The van der Waals surface area contributed by atoms with E-state index in [-0.39, 0.29) is 35.2 Å². The number of hydrogen-bond acceptors (Lipinski definition) is 5. The lowest BCUT2D eigenvalue weighted by atomic mass is 10.1. The van der Waals surface area contributed by atoms with Gasteiger partial charge in [0.05, 0.1) is 46.9 Å². The molecule has 3 aromatic heterocycles. The zero-order chi connectivity index (χ0) is 22.6. The average Bonchev–Trinajstić information content (AvgIpc) is 3.46. The standard InChI is InChI=1S/C21H16F4N6O/c22-15-6-16-17(31-10-27-8-18(31)19(26)29-16)5-14(15)20(32)30(13-3-4-13)9-12-2-1-11(7-28-12)21(23,24)25/h1-2,5-8,10,13H,3-4,9H2,(H2,26,29). The maximum atomic E-state index is 14.9. The summed E-state index contributed by atoms with van der Waals surface area (Å²) in [7, 11) is 0. The molecule has 2 N–H and O–H groups in total. The number of imidazole rings is 1. The SMILES string of the molecule is Nc1nc2cc(F)c(C(=O)N(Cc3ccc(C(F)(F)F)cn3)C3CC3)cc2n2cncc12. The van der Waals surface area contributed by atoms with E-state index in [1.807, 2.05) is 0 Å². The van der Waals surface area contributed by atoms with Gasteiger partial charge in [0, 0.05) is 18.3 Å². The molecule has 0 bridgehead atoms. The zero-order valence-corrected chi connectivity index (χ0v) is 16.5. The van der Waals surface area contributed by atoms with Crippen molar-refractivity contribution in [3.8, 4) is 0 Å². The number of alkyl halides is 3. The van der Waals surface area contributed by atoms with Gasteiger partial charge in [-0.1, -0.05) is 0 Å². The van der Waals surface area contributed by atoms with Crippen molar-refractivity contribution < 1.29 is 22.4 Å². The molecule has 1 fully saturated rings. The van der Waals surface area contributed by atoms with Crippen molar-refractivity contribution in [3.05, 3.63) is 65.6 Å². The van der Waals surface area contributed by atoms with E-state index >= 15 is 0 Å². The first-order valence-electron chi connectivity index (χ1n) is 9.76. The number of pyridine rings is 1. The van der Waals surface area contributed by atoms with Gasteiger partial charge in [-0.05, 0) is 31.0 Å². The lowest BCUT2D eigenvalue weighted by Crippen LogP contribution is -2.33. The van der Waals surface area contributed by atoms with Crippen molar-refractivity contribution in [1.29, 1.82) is 0 Å². The molecular weight excluding hydrogens is 428 g/mol. The summed E-state index contributed by atoms with van der Waals surface area (Å²) in [4.78, 5) is 26.8. The number of carbonyl (C=O) groups is 1. The van der Waals surface area contributed by atoms with E-state index in [9.17, 15) is 22.4 Å². The molecule has 32 heavy (non-hydrogen) atoms. The predicted octanol–water partition coefficient (Wildman–Crippen LogP) is 3.82. The molecule has 1 saturated carbocycles. The van der Waals surface area contributed by atoms with Crippen LogP contribution in [0.4, 0.5) is 23.4 Å². The number of benzene rings is 1. The minimum atomic E-state index is -4.50. The second-order valence-electron chi connectivity index (χ2n) is 7.67. The Bertz CT molecular complexity index is 1340. The lowest BCUT2D eigenvalue weighted by molar-refractivity contribution is -0.137. The van der Waals surface area contributed by atoms with Gasteiger partial charge in [0.25, 0.3) is 5.91 Å². The number of halogens is 4. The molecule has 0 aliphatic heterocycles. The molecule has 164 valence electrons. The van der Waals surface area contributed by atoms with Crippen LogP contribution in [0.25, 0.3) is 16.6 Å². The maximum absolute atomic E-state index is 14.9. The van der Waals surface area contributed by atoms with E-state index in [2.05, 4.69) is 15.0 Å². The van der Waals surface area contributed by atoms with Crippen molar-refractivity contribution in [1.82, 2.24) is 24.3 Å². The second-order valence-corrected chi connectivity index (χ2v) is 7.67. The van der Waals surface area contributed by atoms with Gasteiger partial charge in [0.1, 0.15) is 17.2 Å². The van der Waals surface area contributed by atoms with Gasteiger partial charge in [-0.2, -0.15) is 13.2 Å². The van der Waals surface area contributed by atoms with Gasteiger partial charge in [0.15, 0.2) is 0 Å². The molecule has 1 aliphatic rings. The number of nitrogens with two attached hydrogens (primary N) is 1. The smallest absolute Gasteiger partial charge is 0.382 e. The minimum absolute atomic E-state index is 0.0282. The first-order valence-corrected chi connectivity index (χ1v) is 9.76. The molecule has 3 heterocycles. The van der Waals surface area contributed by atoms with E-state index in [4.69, 9.17) is 5.73 Å². The summed E-state index contributed by atoms with van der Waals surface area (Å²) in [6.45, 7) is -0.0282. The number of amides is 1. The highest BCUT2D eigenvalue weighted by atomic mass is 19.4. The number of hydrogen-bond donors (Lipinski definition) is 1. The first kappa shape index (κ1) is 20.2. The molecular formula is C21H16F4N6O. The number of nitrogen functional groups attached to an aromatic ring is 1. The van der Waals surface area contributed by atoms with Gasteiger partial charge >= 0.3 is 6.18 Å². The number of carbonyl (C=O) groups excluding carboxylic acids is 1. The molecule has 0 radical (unpaired) electrons. The van der Waals surface area contributed by atoms with Crippen LogP contribution in [0.3, 0.4) is 0 Å². The summed E-state index contributed by atoms with van der Waals surface area (Å²) in [5.74, 6) is -1.15. The Morgan fingerprint density at radius 3 is 2.62 bits per heavy atom. The van der Waals surface area contributed by atoms with Crippen molar-refractivity contribution in [2.24, 2.45) is 0 Å². The van der Waals surface area contributed by atoms with Crippen LogP contribution < -0.4 is 5.73 Å². The van der Waals surface area contributed by atoms with Crippen LogP contribution in [0.15, 0.2) is 43.0 Å². The third kappa shape index (κ3) is 3.49. The molecule has 1 amide bonds. The van der Waals surface area contributed by atoms with Crippen molar-refractivity contribution in [3.63, 3.8) is 0 Å². The van der Waals surface area contributed by atoms with E-state index in [1.54, 1.807) is 4.40 Å². The van der Waals surface area contributed by atoms with Crippen LogP contribution in [0.5, 0.6) is 0 Å². The lowest BCUT2D eigenvalue weighted by Gasteiger charge is -2.23. The Hall–Kier alpha value is -3.76. The zero-order valence-electron chi connectivity index (χ0n) is 16.5. The van der Waals surface area contributed by atoms with Gasteiger partial charge in [-0.3, -0.25) is 14.2 Å². The summed E-state index contributed by atoms with van der Waals surface area (Å²) in [6.07, 6.45) is 0.693. The third-order valence-corrected chi connectivity index (χ3v) is 5.43. The van der Waals surface area contributed by atoms with Crippen LogP contribution in [0.1, 0.15) is 34.5 Å². The summed E-state index contributed by atoms with van der Waals surface area (Å²) in [5.41, 5.74) is 6.38. The van der Waals surface area contributed by atoms with E-state index in [0.717, 1.165) is 31.2 Å². The number of aromatic nitrogens is 4. The predicted molar refractivity (Wildman–Crippen MR) is 107 cm³/mol. The molecule has 0 atom stereocenters. The fraction of sp³-hybridized carbons (Fsp3) is 0.238. The number of fused-ring (bicyclic) bond motifs is 3. The molecule has 7 nitrogen and oxygen atoms in total. The highest BCUT2D eigenvalue weighted by Crippen LogP contribution is 2.32. The highest BCUT2D eigenvalue weighted by Gasteiger charge is 2.35. The maximum Gasteiger partial charge on any atom is 0.417 e.